The van der Waals surface area contributed by atoms with Crippen molar-refractivity contribution in [2.75, 3.05) is 7.11 Å². The van der Waals surface area contributed by atoms with Gasteiger partial charge < -0.3 is 18.9 Å². The number of methoxy groups -OCH3 is 1. The van der Waals surface area contributed by atoms with Crippen LogP contribution in [0.1, 0.15) is 54.3 Å². The highest BCUT2D eigenvalue weighted by Crippen LogP contribution is 2.41. The normalized spacial score (nSPS) is 22.4. The van der Waals surface area contributed by atoms with Gasteiger partial charge in [-0.05, 0) is 40.8 Å². The molecule has 4 aromatic rings. The van der Waals surface area contributed by atoms with Crippen molar-refractivity contribution in [3.8, 4) is 5.88 Å². The summed E-state index contributed by atoms with van der Waals surface area (Å²) in [4.78, 5) is 0. The Morgan fingerprint density at radius 1 is 0.805 bits per heavy atom. The monoisotopic (exact) mass is 572 g/mol. The van der Waals surface area contributed by atoms with Gasteiger partial charge in [-0.2, -0.15) is 5.10 Å². The predicted octanol–water partition coefficient (Wildman–Crippen LogP) is 7.39. The van der Waals surface area contributed by atoms with Gasteiger partial charge in [-0.15, -0.1) is 5.10 Å². The number of nitrogens with zero attached hydrogens (tertiary/aromatic N) is 2. The molecule has 6 nitrogen and oxygen atoms in total. The van der Waals surface area contributed by atoms with E-state index >= 15 is 0 Å². The number of ether oxygens (including phenoxy) is 4. The Morgan fingerprint density at radius 2 is 1.46 bits per heavy atom. The Labute approximate surface area is 247 Å². The molecule has 1 fully saturated rings. The standard InChI is InChI=1S/C34H37ClN2O4/c1-4-30-23(2)32(39-21-24-11-7-5-8-12-24)34(40-22-25-13-9-6-10-14-25)33(41-30)26-15-17-29(35)27(19-26)20-28-16-18-31(38-3)37-36-28/h5-19,23,30,32-34H,4,20-22H2,1-3H3/t23-,30-,32+,33+,34-/m1/s1. The van der Waals surface area contributed by atoms with E-state index in [1.807, 2.05) is 54.6 Å². The lowest BCUT2D eigenvalue weighted by atomic mass is 9.84. The van der Waals surface area contributed by atoms with E-state index < -0.39 is 0 Å². The molecule has 5 atom stereocenters. The molecule has 1 aliphatic rings. The van der Waals surface area contributed by atoms with Crippen LogP contribution in [0.15, 0.2) is 91.0 Å². The quantitative estimate of drug-likeness (QED) is 0.187. The van der Waals surface area contributed by atoms with E-state index in [0.717, 1.165) is 34.4 Å². The number of rotatable bonds is 11. The molecule has 0 spiro atoms. The van der Waals surface area contributed by atoms with Crippen LogP contribution in [0.3, 0.4) is 0 Å². The first-order valence-electron chi connectivity index (χ1n) is 14.2. The van der Waals surface area contributed by atoms with Crippen molar-refractivity contribution in [3.05, 3.63) is 124 Å². The lowest BCUT2D eigenvalue weighted by molar-refractivity contribution is -0.234. The fraction of sp³-hybridized carbons (Fsp3) is 0.353. The minimum Gasteiger partial charge on any atom is -0.480 e. The Hall–Kier alpha value is -3.29. The molecule has 2 heterocycles. The molecule has 1 saturated heterocycles. The highest BCUT2D eigenvalue weighted by Gasteiger charge is 2.45. The highest BCUT2D eigenvalue weighted by atomic mass is 35.5. The van der Waals surface area contributed by atoms with Crippen LogP contribution in [0, 0.1) is 5.92 Å². The average Bonchev–Trinajstić information content (AvgIpc) is 3.02. The van der Waals surface area contributed by atoms with Gasteiger partial charge in [0, 0.05) is 23.4 Å². The van der Waals surface area contributed by atoms with Gasteiger partial charge >= 0.3 is 0 Å². The zero-order valence-electron chi connectivity index (χ0n) is 23.8. The molecule has 5 rings (SSSR count). The molecule has 0 saturated carbocycles. The topological polar surface area (TPSA) is 62.7 Å². The predicted molar refractivity (Wildman–Crippen MR) is 160 cm³/mol. The molecular formula is C34H37ClN2O4. The number of hydrogen-bond donors (Lipinski definition) is 0. The molecule has 214 valence electrons. The second kappa shape index (κ2) is 14.1. The van der Waals surface area contributed by atoms with Crippen molar-refractivity contribution in [2.45, 2.75) is 64.3 Å². The van der Waals surface area contributed by atoms with Crippen LogP contribution in [0.4, 0.5) is 0 Å². The third kappa shape index (κ3) is 7.32. The maximum absolute atomic E-state index is 6.80. The van der Waals surface area contributed by atoms with E-state index in [1.54, 1.807) is 13.2 Å². The Balaban J connectivity index is 1.45. The van der Waals surface area contributed by atoms with Crippen molar-refractivity contribution < 1.29 is 18.9 Å². The lowest BCUT2D eigenvalue weighted by Gasteiger charge is -2.46. The Bertz CT molecular complexity index is 1370. The highest BCUT2D eigenvalue weighted by molar-refractivity contribution is 6.31. The summed E-state index contributed by atoms with van der Waals surface area (Å²) in [5, 5.41) is 9.07. The van der Waals surface area contributed by atoms with Gasteiger partial charge in [0.2, 0.25) is 5.88 Å². The summed E-state index contributed by atoms with van der Waals surface area (Å²) < 4.78 is 25.3. The number of hydrogen-bond acceptors (Lipinski definition) is 6. The van der Waals surface area contributed by atoms with Gasteiger partial charge in [-0.1, -0.05) is 98.2 Å². The maximum Gasteiger partial charge on any atom is 0.233 e. The zero-order chi connectivity index (χ0) is 28.6. The molecule has 0 radical (unpaired) electrons. The van der Waals surface area contributed by atoms with Crippen LogP contribution in [0.5, 0.6) is 5.88 Å². The molecule has 1 aromatic heterocycles. The molecule has 41 heavy (non-hydrogen) atoms. The van der Waals surface area contributed by atoms with E-state index in [1.165, 1.54) is 0 Å². The SMILES string of the molecule is CC[C@H]1O[C@@H](c2ccc(Cl)c(Cc3ccc(OC)nn3)c2)[C@H](OCc2ccccc2)[C@@H](OCc2ccccc2)[C@@H]1C. The third-order valence-corrected chi connectivity index (χ3v) is 8.06. The second-order valence-electron chi connectivity index (χ2n) is 10.5. The van der Waals surface area contributed by atoms with Crippen LogP contribution in [-0.2, 0) is 33.8 Å². The van der Waals surface area contributed by atoms with E-state index in [2.05, 4.69) is 54.4 Å². The van der Waals surface area contributed by atoms with Gasteiger partial charge in [0.25, 0.3) is 0 Å². The largest absolute Gasteiger partial charge is 0.480 e. The van der Waals surface area contributed by atoms with Crippen LogP contribution in [-0.4, -0.2) is 35.6 Å². The van der Waals surface area contributed by atoms with Crippen molar-refractivity contribution >= 4 is 11.6 Å². The van der Waals surface area contributed by atoms with Crippen molar-refractivity contribution in [1.82, 2.24) is 10.2 Å². The molecule has 0 unspecified atom stereocenters. The van der Waals surface area contributed by atoms with Gasteiger partial charge in [0.05, 0.1) is 38.2 Å². The van der Waals surface area contributed by atoms with Gasteiger partial charge in [-0.25, -0.2) is 0 Å². The van der Waals surface area contributed by atoms with Gasteiger partial charge in [0.15, 0.2) is 0 Å². The molecule has 0 bridgehead atoms. The molecule has 0 N–H and O–H groups in total. The molecule has 0 amide bonds. The molecule has 7 heteroatoms. The fourth-order valence-electron chi connectivity index (χ4n) is 5.42. The summed E-state index contributed by atoms with van der Waals surface area (Å²) in [5.74, 6) is 0.617. The number of benzene rings is 3. The Morgan fingerprint density at radius 3 is 2.05 bits per heavy atom. The van der Waals surface area contributed by atoms with Crippen molar-refractivity contribution in [2.24, 2.45) is 5.92 Å². The lowest BCUT2D eigenvalue weighted by Crippen LogP contribution is -2.51. The third-order valence-electron chi connectivity index (χ3n) is 7.70. The first kappa shape index (κ1) is 29.2. The van der Waals surface area contributed by atoms with E-state index in [-0.39, 0.29) is 30.3 Å². The number of aromatic nitrogens is 2. The average molecular weight is 573 g/mol. The van der Waals surface area contributed by atoms with Crippen molar-refractivity contribution in [1.29, 1.82) is 0 Å². The van der Waals surface area contributed by atoms with Crippen LogP contribution in [0.25, 0.3) is 0 Å². The fourth-order valence-corrected chi connectivity index (χ4v) is 5.61. The molecule has 3 aromatic carbocycles. The molecule has 1 aliphatic heterocycles. The van der Waals surface area contributed by atoms with Crippen molar-refractivity contribution in [3.63, 3.8) is 0 Å². The molecule has 0 aliphatic carbocycles. The summed E-state index contributed by atoms with van der Waals surface area (Å²) in [6.07, 6.45) is 0.590. The minimum atomic E-state index is -0.335. The van der Waals surface area contributed by atoms with Crippen LogP contribution < -0.4 is 4.74 Å². The smallest absolute Gasteiger partial charge is 0.233 e. The van der Waals surface area contributed by atoms with Crippen LogP contribution in [0.2, 0.25) is 5.02 Å². The van der Waals surface area contributed by atoms with Crippen LogP contribution >= 0.6 is 11.6 Å². The number of halogens is 1. The summed E-state index contributed by atoms with van der Waals surface area (Å²) in [6, 6.07) is 30.3. The first-order chi connectivity index (χ1) is 20.1. The minimum absolute atomic E-state index is 0.0175. The summed E-state index contributed by atoms with van der Waals surface area (Å²) in [7, 11) is 1.58. The summed E-state index contributed by atoms with van der Waals surface area (Å²) >= 11 is 6.68. The Kier molecular flexibility index (Phi) is 10.0. The first-order valence-corrected chi connectivity index (χ1v) is 14.5. The zero-order valence-corrected chi connectivity index (χ0v) is 24.5. The molecular weight excluding hydrogens is 536 g/mol. The second-order valence-corrected chi connectivity index (χ2v) is 10.9. The van der Waals surface area contributed by atoms with E-state index in [0.29, 0.717) is 30.5 Å². The summed E-state index contributed by atoms with van der Waals surface area (Å²) in [5.41, 5.74) is 4.99. The summed E-state index contributed by atoms with van der Waals surface area (Å²) in [6.45, 7) is 5.33. The van der Waals surface area contributed by atoms with Gasteiger partial charge in [0.1, 0.15) is 12.2 Å². The van der Waals surface area contributed by atoms with E-state index in [4.69, 9.17) is 30.5 Å². The van der Waals surface area contributed by atoms with E-state index in [9.17, 15) is 0 Å². The van der Waals surface area contributed by atoms with Gasteiger partial charge in [-0.3, -0.25) is 0 Å². The maximum atomic E-state index is 6.80.